The highest BCUT2D eigenvalue weighted by molar-refractivity contribution is 6.05. The average Bonchev–Trinajstić information content (AvgIpc) is 2.80. The zero-order valence-corrected chi connectivity index (χ0v) is 18.2. The Hall–Kier alpha value is -3.06. The van der Waals surface area contributed by atoms with Crippen LogP contribution in [0.4, 0.5) is 11.4 Å². The largest absolute Gasteiger partial charge is 0.494 e. The summed E-state index contributed by atoms with van der Waals surface area (Å²) in [5.41, 5.74) is 2.26. The normalized spacial score (nSPS) is 13.5. The fourth-order valence-electron chi connectivity index (χ4n) is 3.31. The summed E-state index contributed by atoms with van der Waals surface area (Å²) in [4.78, 5) is 27.3. The van der Waals surface area contributed by atoms with Crippen molar-refractivity contribution >= 4 is 23.3 Å². The lowest BCUT2D eigenvalue weighted by Crippen LogP contribution is -2.37. The number of ether oxygens (including phenoxy) is 3. The van der Waals surface area contributed by atoms with Crippen LogP contribution in [0.3, 0.4) is 0 Å². The van der Waals surface area contributed by atoms with Crippen LogP contribution in [0.1, 0.15) is 47.4 Å². The Morgan fingerprint density at radius 3 is 2.48 bits per heavy atom. The predicted molar refractivity (Wildman–Crippen MR) is 120 cm³/mol. The lowest BCUT2D eigenvalue weighted by atomic mass is 10.1. The topological polar surface area (TPSA) is 77.1 Å². The number of unbranched alkanes of at least 4 members (excludes halogenated alkanes) is 1. The first-order valence-corrected chi connectivity index (χ1v) is 10.8. The molecule has 0 spiro atoms. The Balaban J connectivity index is 1.73. The van der Waals surface area contributed by atoms with E-state index in [9.17, 15) is 9.59 Å². The number of rotatable bonds is 9. The lowest BCUT2D eigenvalue weighted by molar-refractivity contribution is 0.0526. The van der Waals surface area contributed by atoms with Gasteiger partial charge in [-0.1, -0.05) is 13.3 Å². The minimum atomic E-state index is -0.409. The molecule has 2 aromatic rings. The van der Waals surface area contributed by atoms with Crippen molar-refractivity contribution < 1.29 is 23.8 Å². The number of hydrogen-bond donors (Lipinski definition) is 1. The smallest absolute Gasteiger partial charge is 0.340 e. The van der Waals surface area contributed by atoms with Crippen molar-refractivity contribution in [1.82, 2.24) is 0 Å². The average molecular weight is 427 g/mol. The van der Waals surface area contributed by atoms with E-state index in [4.69, 9.17) is 14.2 Å². The Bertz CT molecular complexity index is 876. The molecule has 3 rings (SSSR count). The van der Waals surface area contributed by atoms with Gasteiger partial charge in [-0.25, -0.2) is 4.79 Å². The maximum atomic E-state index is 12.7. The van der Waals surface area contributed by atoms with Crippen molar-refractivity contribution in [2.24, 2.45) is 0 Å². The van der Waals surface area contributed by atoms with E-state index in [-0.39, 0.29) is 12.5 Å². The quantitative estimate of drug-likeness (QED) is 0.480. The molecule has 1 heterocycles. The monoisotopic (exact) mass is 426 g/mol. The Labute approximate surface area is 183 Å². The Kier molecular flexibility index (Phi) is 8.29. The van der Waals surface area contributed by atoms with E-state index in [1.165, 1.54) is 0 Å². The molecule has 1 amide bonds. The zero-order valence-electron chi connectivity index (χ0n) is 18.2. The van der Waals surface area contributed by atoms with Gasteiger partial charge in [0.15, 0.2) is 0 Å². The number of anilines is 2. The first kappa shape index (κ1) is 22.6. The third-order valence-electron chi connectivity index (χ3n) is 4.98. The minimum absolute atomic E-state index is 0.256. The molecule has 1 N–H and O–H groups in total. The molecule has 0 atom stereocenters. The number of carbonyl (C=O) groups excluding carboxylic acids is 2. The number of nitrogens with one attached hydrogen (secondary N) is 1. The fourth-order valence-corrected chi connectivity index (χ4v) is 3.31. The Morgan fingerprint density at radius 1 is 1.06 bits per heavy atom. The molecule has 0 aliphatic carbocycles. The SMILES string of the molecule is CCCCOc1ccc(C(=O)Nc2ccc(N3CCOCC3)c(C(=O)OCC)c2)cc1. The molecular weight excluding hydrogens is 396 g/mol. The van der Waals surface area contributed by atoms with Gasteiger partial charge in [0.2, 0.25) is 0 Å². The van der Waals surface area contributed by atoms with E-state index in [0.717, 1.165) is 24.3 Å². The predicted octanol–water partition coefficient (Wildman–Crippen LogP) is 4.13. The first-order chi connectivity index (χ1) is 15.1. The summed E-state index contributed by atoms with van der Waals surface area (Å²) in [5.74, 6) is 0.0761. The highest BCUT2D eigenvalue weighted by atomic mass is 16.5. The van der Waals surface area contributed by atoms with E-state index < -0.39 is 5.97 Å². The van der Waals surface area contributed by atoms with Crippen molar-refractivity contribution in [3.05, 3.63) is 53.6 Å². The molecule has 7 nitrogen and oxygen atoms in total. The second-order valence-corrected chi connectivity index (χ2v) is 7.23. The molecule has 0 saturated carbocycles. The van der Waals surface area contributed by atoms with Crippen LogP contribution in [0.15, 0.2) is 42.5 Å². The number of hydrogen-bond acceptors (Lipinski definition) is 6. The van der Waals surface area contributed by atoms with Crippen LogP contribution in [-0.2, 0) is 9.47 Å². The van der Waals surface area contributed by atoms with Gasteiger partial charge in [0.05, 0.1) is 37.7 Å². The molecule has 166 valence electrons. The van der Waals surface area contributed by atoms with Gasteiger partial charge >= 0.3 is 5.97 Å². The van der Waals surface area contributed by atoms with E-state index in [2.05, 4.69) is 17.1 Å². The first-order valence-electron chi connectivity index (χ1n) is 10.8. The number of benzene rings is 2. The van der Waals surface area contributed by atoms with E-state index in [1.807, 2.05) is 6.07 Å². The van der Waals surface area contributed by atoms with Crippen LogP contribution in [0.5, 0.6) is 5.75 Å². The van der Waals surface area contributed by atoms with Gasteiger partial charge in [-0.2, -0.15) is 0 Å². The fraction of sp³-hybridized carbons (Fsp3) is 0.417. The van der Waals surface area contributed by atoms with Gasteiger partial charge < -0.3 is 24.4 Å². The molecule has 31 heavy (non-hydrogen) atoms. The highest BCUT2D eigenvalue weighted by Crippen LogP contribution is 2.27. The van der Waals surface area contributed by atoms with Gasteiger partial charge in [0, 0.05) is 24.3 Å². The van der Waals surface area contributed by atoms with Crippen molar-refractivity contribution in [2.45, 2.75) is 26.7 Å². The molecule has 1 aliphatic rings. The number of nitrogens with zero attached hydrogens (tertiary/aromatic N) is 1. The summed E-state index contributed by atoms with van der Waals surface area (Å²) in [6.45, 7) is 7.44. The number of morpholine rings is 1. The van der Waals surface area contributed by atoms with E-state index in [0.29, 0.717) is 49.7 Å². The molecule has 7 heteroatoms. The zero-order chi connectivity index (χ0) is 22.1. The molecule has 2 aromatic carbocycles. The lowest BCUT2D eigenvalue weighted by Gasteiger charge is -2.30. The summed E-state index contributed by atoms with van der Waals surface area (Å²) in [6.07, 6.45) is 2.06. The highest BCUT2D eigenvalue weighted by Gasteiger charge is 2.21. The number of carbonyl (C=O) groups is 2. The minimum Gasteiger partial charge on any atom is -0.494 e. The molecule has 1 fully saturated rings. The molecule has 0 radical (unpaired) electrons. The van der Waals surface area contributed by atoms with Gasteiger partial charge in [-0.05, 0) is 55.8 Å². The second-order valence-electron chi connectivity index (χ2n) is 7.23. The van der Waals surface area contributed by atoms with Crippen LogP contribution in [0.25, 0.3) is 0 Å². The summed E-state index contributed by atoms with van der Waals surface area (Å²) in [6, 6.07) is 12.3. The van der Waals surface area contributed by atoms with Crippen LogP contribution in [0, 0.1) is 0 Å². The standard InChI is InChI=1S/C24H30N2O5/c1-3-5-14-31-20-9-6-18(7-10-20)23(27)25-19-8-11-22(26-12-15-29-16-13-26)21(17-19)24(28)30-4-2/h6-11,17H,3-5,12-16H2,1-2H3,(H,25,27). The van der Waals surface area contributed by atoms with Crippen molar-refractivity contribution in [1.29, 1.82) is 0 Å². The summed E-state index contributed by atoms with van der Waals surface area (Å²) in [5, 5.41) is 2.87. The summed E-state index contributed by atoms with van der Waals surface area (Å²) >= 11 is 0. The molecule has 1 saturated heterocycles. The Morgan fingerprint density at radius 2 is 1.81 bits per heavy atom. The second kappa shape index (κ2) is 11.4. The van der Waals surface area contributed by atoms with Crippen LogP contribution < -0.4 is 15.0 Å². The van der Waals surface area contributed by atoms with E-state index >= 15 is 0 Å². The maximum Gasteiger partial charge on any atom is 0.340 e. The molecule has 0 bridgehead atoms. The van der Waals surface area contributed by atoms with E-state index in [1.54, 1.807) is 43.3 Å². The summed E-state index contributed by atoms with van der Waals surface area (Å²) < 4.78 is 16.3. The van der Waals surface area contributed by atoms with Gasteiger partial charge in [-0.3, -0.25) is 4.79 Å². The molecule has 0 aromatic heterocycles. The van der Waals surface area contributed by atoms with Gasteiger partial charge in [0.1, 0.15) is 5.75 Å². The molecular formula is C24H30N2O5. The van der Waals surface area contributed by atoms with Gasteiger partial charge in [0.25, 0.3) is 5.91 Å². The third-order valence-corrected chi connectivity index (χ3v) is 4.98. The van der Waals surface area contributed by atoms with Gasteiger partial charge in [-0.15, -0.1) is 0 Å². The number of esters is 1. The summed E-state index contributed by atoms with van der Waals surface area (Å²) in [7, 11) is 0. The van der Waals surface area contributed by atoms with Crippen LogP contribution in [0.2, 0.25) is 0 Å². The van der Waals surface area contributed by atoms with Crippen LogP contribution in [-0.4, -0.2) is 51.4 Å². The third kappa shape index (κ3) is 6.21. The van der Waals surface area contributed by atoms with Crippen LogP contribution >= 0.6 is 0 Å². The molecule has 0 unspecified atom stereocenters. The number of amides is 1. The van der Waals surface area contributed by atoms with Crippen molar-refractivity contribution in [3.8, 4) is 5.75 Å². The maximum absolute atomic E-state index is 12.7. The molecule has 1 aliphatic heterocycles. The van der Waals surface area contributed by atoms with Crippen molar-refractivity contribution in [2.75, 3.05) is 49.7 Å². The van der Waals surface area contributed by atoms with Crippen molar-refractivity contribution in [3.63, 3.8) is 0 Å².